The largest absolute Gasteiger partial charge is 0.494 e. The van der Waals surface area contributed by atoms with Crippen LogP contribution in [-0.4, -0.2) is 15.0 Å². The molecule has 0 N–H and O–H groups in total. The minimum atomic E-state index is -3.96. The molecule has 6 heteroatoms. The minimum absolute atomic E-state index is 0.104. The average molecular weight is 296 g/mol. The molecule has 0 aliphatic heterocycles. The number of hydrogen-bond donors (Lipinski definition) is 0. The smallest absolute Gasteiger partial charge is 0.339 e. The third kappa shape index (κ3) is 3.48. The molecule has 2 aromatic rings. The Kier molecular flexibility index (Phi) is 4.24. The Hall–Kier alpha value is -2.08. The van der Waals surface area contributed by atoms with E-state index in [1.807, 2.05) is 6.92 Å². The first kappa shape index (κ1) is 14.3. The van der Waals surface area contributed by atoms with Gasteiger partial charge in [0.25, 0.3) is 0 Å². The first-order valence-corrected chi connectivity index (χ1v) is 7.35. The van der Waals surface area contributed by atoms with Crippen LogP contribution in [0.1, 0.15) is 6.92 Å². The van der Waals surface area contributed by atoms with Crippen LogP contribution in [0, 0.1) is 5.82 Å². The lowest BCUT2D eigenvalue weighted by Crippen LogP contribution is -2.09. The highest BCUT2D eigenvalue weighted by molar-refractivity contribution is 7.87. The summed E-state index contributed by atoms with van der Waals surface area (Å²) in [6, 6.07) is 10.6. The predicted octanol–water partition coefficient (Wildman–Crippen LogP) is 2.99. The van der Waals surface area contributed by atoms with Crippen LogP contribution in [0.4, 0.5) is 4.39 Å². The van der Waals surface area contributed by atoms with Crippen molar-refractivity contribution < 1.29 is 21.7 Å². The van der Waals surface area contributed by atoms with E-state index >= 15 is 0 Å². The van der Waals surface area contributed by atoms with Crippen LogP contribution in [0.5, 0.6) is 11.5 Å². The summed E-state index contributed by atoms with van der Waals surface area (Å²) >= 11 is 0. The van der Waals surface area contributed by atoms with Crippen molar-refractivity contribution in [2.24, 2.45) is 0 Å². The summed E-state index contributed by atoms with van der Waals surface area (Å²) in [4.78, 5) is -0.104. The number of ether oxygens (including phenoxy) is 1. The highest BCUT2D eigenvalue weighted by Gasteiger charge is 2.16. The van der Waals surface area contributed by atoms with Crippen LogP contribution in [0.3, 0.4) is 0 Å². The zero-order valence-electron chi connectivity index (χ0n) is 10.7. The fourth-order valence-electron chi connectivity index (χ4n) is 1.53. The van der Waals surface area contributed by atoms with Crippen molar-refractivity contribution in [3.05, 3.63) is 54.3 Å². The lowest BCUT2D eigenvalue weighted by Gasteiger charge is -2.08. The summed E-state index contributed by atoms with van der Waals surface area (Å²) in [5, 5.41) is 0. The van der Waals surface area contributed by atoms with Gasteiger partial charge in [0.15, 0.2) is 0 Å². The van der Waals surface area contributed by atoms with E-state index in [0.717, 1.165) is 24.3 Å². The van der Waals surface area contributed by atoms with Gasteiger partial charge in [-0.2, -0.15) is 8.42 Å². The predicted molar refractivity (Wildman–Crippen MR) is 71.8 cm³/mol. The number of hydrogen-bond acceptors (Lipinski definition) is 4. The molecule has 0 bridgehead atoms. The van der Waals surface area contributed by atoms with E-state index in [-0.39, 0.29) is 10.6 Å². The molecule has 0 spiro atoms. The number of rotatable bonds is 5. The molecule has 2 aromatic carbocycles. The van der Waals surface area contributed by atoms with Crippen LogP contribution in [0.2, 0.25) is 0 Å². The molecule has 0 amide bonds. The van der Waals surface area contributed by atoms with Crippen molar-refractivity contribution in [1.29, 1.82) is 0 Å². The quantitative estimate of drug-likeness (QED) is 0.796. The molecule has 2 rings (SSSR count). The number of benzene rings is 2. The van der Waals surface area contributed by atoms with Gasteiger partial charge < -0.3 is 8.92 Å². The van der Waals surface area contributed by atoms with Gasteiger partial charge in [0.2, 0.25) is 0 Å². The van der Waals surface area contributed by atoms with E-state index in [9.17, 15) is 12.8 Å². The second kappa shape index (κ2) is 5.92. The van der Waals surface area contributed by atoms with Crippen molar-refractivity contribution in [1.82, 2.24) is 0 Å². The third-order valence-electron chi connectivity index (χ3n) is 2.44. The van der Waals surface area contributed by atoms with Gasteiger partial charge in [0.1, 0.15) is 22.2 Å². The number of halogens is 1. The van der Waals surface area contributed by atoms with Crippen LogP contribution < -0.4 is 8.92 Å². The monoisotopic (exact) mass is 296 g/mol. The van der Waals surface area contributed by atoms with E-state index in [1.165, 1.54) is 12.1 Å². The van der Waals surface area contributed by atoms with Crippen LogP contribution >= 0.6 is 0 Å². The van der Waals surface area contributed by atoms with Gasteiger partial charge in [-0.3, -0.25) is 0 Å². The van der Waals surface area contributed by atoms with Crippen molar-refractivity contribution in [3.63, 3.8) is 0 Å². The molecule has 0 radical (unpaired) electrons. The van der Waals surface area contributed by atoms with Crippen molar-refractivity contribution >= 4 is 10.1 Å². The summed E-state index contributed by atoms with van der Waals surface area (Å²) in [6.07, 6.45) is 0. The van der Waals surface area contributed by atoms with Crippen molar-refractivity contribution in [2.45, 2.75) is 11.8 Å². The van der Waals surface area contributed by atoms with Crippen LogP contribution in [-0.2, 0) is 10.1 Å². The maximum absolute atomic E-state index is 12.8. The summed E-state index contributed by atoms with van der Waals surface area (Å²) < 4.78 is 46.9. The van der Waals surface area contributed by atoms with Crippen molar-refractivity contribution in [3.8, 4) is 11.5 Å². The Labute approximate surface area is 116 Å². The van der Waals surface area contributed by atoms with E-state index in [2.05, 4.69) is 0 Å². The molecule has 106 valence electrons. The van der Waals surface area contributed by atoms with Gasteiger partial charge in [-0.15, -0.1) is 0 Å². The second-order valence-electron chi connectivity index (χ2n) is 3.90. The maximum atomic E-state index is 12.8. The molecular formula is C14H13FO4S. The Bertz CT molecular complexity index is 663. The molecule has 0 unspecified atom stereocenters. The molecule has 0 heterocycles. The highest BCUT2D eigenvalue weighted by atomic mass is 32.2. The zero-order valence-corrected chi connectivity index (χ0v) is 11.6. The molecule has 0 aliphatic rings. The zero-order chi connectivity index (χ0) is 14.6. The van der Waals surface area contributed by atoms with Gasteiger partial charge in [0.05, 0.1) is 6.61 Å². The summed E-state index contributed by atoms with van der Waals surface area (Å²) in [5.74, 6) is 0.279. The average Bonchev–Trinajstić information content (AvgIpc) is 2.41. The molecular weight excluding hydrogens is 283 g/mol. The van der Waals surface area contributed by atoms with Gasteiger partial charge in [-0.05, 0) is 55.5 Å². The third-order valence-corrected chi connectivity index (χ3v) is 3.70. The lowest BCUT2D eigenvalue weighted by atomic mass is 10.3. The molecule has 0 atom stereocenters. The van der Waals surface area contributed by atoms with Crippen LogP contribution in [0.25, 0.3) is 0 Å². The normalized spacial score (nSPS) is 11.1. The lowest BCUT2D eigenvalue weighted by molar-refractivity contribution is 0.340. The molecule has 4 nitrogen and oxygen atoms in total. The van der Waals surface area contributed by atoms with E-state index < -0.39 is 15.9 Å². The van der Waals surface area contributed by atoms with Gasteiger partial charge in [-0.25, -0.2) is 4.39 Å². The van der Waals surface area contributed by atoms with E-state index in [1.54, 1.807) is 12.1 Å². The Morgan fingerprint density at radius 3 is 2.05 bits per heavy atom. The molecule has 0 aliphatic carbocycles. The fourth-order valence-corrected chi connectivity index (χ4v) is 2.46. The molecule has 0 saturated carbocycles. The Morgan fingerprint density at radius 2 is 1.50 bits per heavy atom. The summed E-state index contributed by atoms with van der Waals surface area (Å²) in [6.45, 7) is 2.37. The highest BCUT2D eigenvalue weighted by Crippen LogP contribution is 2.22. The Morgan fingerprint density at radius 1 is 0.950 bits per heavy atom. The second-order valence-corrected chi connectivity index (χ2v) is 5.44. The standard InChI is InChI=1S/C14H13FO4S/c1-2-18-12-5-7-13(8-6-12)19-20(16,17)14-9-3-11(15)4-10-14/h3-10H,2H2,1H3. The molecule has 0 aromatic heterocycles. The topological polar surface area (TPSA) is 52.6 Å². The molecule has 0 fully saturated rings. The van der Waals surface area contributed by atoms with Crippen LogP contribution in [0.15, 0.2) is 53.4 Å². The van der Waals surface area contributed by atoms with Gasteiger partial charge >= 0.3 is 10.1 Å². The summed E-state index contributed by atoms with van der Waals surface area (Å²) in [7, 11) is -3.96. The molecule has 20 heavy (non-hydrogen) atoms. The van der Waals surface area contributed by atoms with E-state index in [0.29, 0.717) is 12.4 Å². The minimum Gasteiger partial charge on any atom is -0.494 e. The SMILES string of the molecule is CCOc1ccc(OS(=O)(=O)c2ccc(F)cc2)cc1. The maximum Gasteiger partial charge on any atom is 0.339 e. The van der Waals surface area contributed by atoms with Gasteiger partial charge in [-0.1, -0.05) is 0 Å². The van der Waals surface area contributed by atoms with Crippen molar-refractivity contribution in [2.75, 3.05) is 6.61 Å². The first-order valence-electron chi connectivity index (χ1n) is 5.94. The van der Waals surface area contributed by atoms with E-state index in [4.69, 9.17) is 8.92 Å². The molecule has 0 saturated heterocycles. The van der Waals surface area contributed by atoms with Gasteiger partial charge in [0, 0.05) is 0 Å². The fraction of sp³-hybridized carbons (Fsp3) is 0.143. The Balaban J connectivity index is 2.17. The first-order chi connectivity index (χ1) is 9.51. The summed E-state index contributed by atoms with van der Waals surface area (Å²) in [5.41, 5.74) is 0.